The molecule has 1 aromatic rings. The summed E-state index contributed by atoms with van der Waals surface area (Å²) in [6.07, 6.45) is 6.11. The Morgan fingerprint density at radius 2 is 1.61 bits per heavy atom. The van der Waals surface area contributed by atoms with Crippen molar-refractivity contribution < 1.29 is 17.8 Å². The van der Waals surface area contributed by atoms with E-state index in [4.69, 9.17) is 13.3 Å². The minimum absolute atomic E-state index is 0.631. The summed E-state index contributed by atoms with van der Waals surface area (Å²) in [6.45, 7) is 8.69. The van der Waals surface area contributed by atoms with Gasteiger partial charge in [0.15, 0.2) is 0 Å². The molecule has 0 unspecified atom stereocenters. The molecule has 0 atom stereocenters. The van der Waals surface area contributed by atoms with Gasteiger partial charge in [-0.3, -0.25) is 0 Å². The number of aromatic nitrogens is 2. The first-order chi connectivity index (χ1) is 8.65. The zero-order chi connectivity index (χ0) is 13.4. The third kappa shape index (κ3) is 4.53. The molecule has 5 nitrogen and oxygen atoms in total. The molecule has 0 fully saturated rings. The summed E-state index contributed by atoms with van der Waals surface area (Å²) in [5, 5.41) is 0. The van der Waals surface area contributed by atoms with E-state index in [1.165, 1.54) is 0 Å². The molecule has 0 aliphatic carbocycles. The van der Waals surface area contributed by atoms with Gasteiger partial charge in [0.2, 0.25) is 6.33 Å². The summed E-state index contributed by atoms with van der Waals surface area (Å²) in [4.78, 5) is 0. The van der Waals surface area contributed by atoms with Gasteiger partial charge >= 0.3 is 8.80 Å². The van der Waals surface area contributed by atoms with Crippen molar-refractivity contribution in [3.8, 4) is 0 Å². The highest BCUT2D eigenvalue weighted by molar-refractivity contribution is 6.60. The van der Waals surface area contributed by atoms with E-state index < -0.39 is 8.80 Å². The second-order valence-corrected chi connectivity index (χ2v) is 6.78. The van der Waals surface area contributed by atoms with Crippen LogP contribution in [0.3, 0.4) is 0 Å². The van der Waals surface area contributed by atoms with Crippen LogP contribution in [-0.4, -0.2) is 33.2 Å². The van der Waals surface area contributed by atoms with Gasteiger partial charge in [0, 0.05) is 19.8 Å². The fourth-order valence-electron chi connectivity index (χ4n) is 1.90. The molecule has 6 heteroatoms. The number of imidazole rings is 1. The van der Waals surface area contributed by atoms with Gasteiger partial charge in [-0.1, -0.05) is 0 Å². The normalized spacial score (nSPS) is 12.0. The fraction of sp³-hybridized carbons (Fsp3) is 0.750. The molecule has 1 aromatic heterocycles. The Bertz CT molecular complexity index is 327. The van der Waals surface area contributed by atoms with Crippen molar-refractivity contribution in [3.05, 3.63) is 18.7 Å². The molecule has 0 saturated carbocycles. The molecule has 1 heterocycles. The number of rotatable bonds is 9. The Balaban J connectivity index is 2.63. The first-order valence-electron chi connectivity index (χ1n) is 6.58. The van der Waals surface area contributed by atoms with Crippen molar-refractivity contribution in [1.82, 2.24) is 4.57 Å². The van der Waals surface area contributed by atoms with Crippen LogP contribution in [0.5, 0.6) is 0 Å². The van der Waals surface area contributed by atoms with Crippen LogP contribution in [-0.2, 0) is 26.9 Å². The summed E-state index contributed by atoms with van der Waals surface area (Å²) in [5.74, 6) is 0. The van der Waals surface area contributed by atoms with E-state index in [2.05, 4.69) is 4.57 Å². The molecule has 18 heavy (non-hydrogen) atoms. The number of hydrogen-bond donors (Lipinski definition) is 0. The van der Waals surface area contributed by atoms with Crippen LogP contribution >= 0.6 is 0 Å². The van der Waals surface area contributed by atoms with Gasteiger partial charge in [0.05, 0.1) is 19.6 Å². The lowest BCUT2D eigenvalue weighted by Crippen LogP contribution is -2.46. The van der Waals surface area contributed by atoms with Gasteiger partial charge < -0.3 is 13.3 Å². The van der Waals surface area contributed by atoms with Crippen molar-refractivity contribution in [3.63, 3.8) is 0 Å². The van der Waals surface area contributed by atoms with Crippen LogP contribution in [0.15, 0.2) is 18.7 Å². The van der Waals surface area contributed by atoms with Crippen molar-refractivity contribution in [2.45, 2.75) is 33.4 Å². The van der Waals surface area contributed by atoms with Gasteiger partial charge in [0.1, 0.15) is 12.4 Å². The second kappa shape index (κ2) is 7.68. The molecule has 0 N–H and O–H groups in total. The first kappa shape index (κ1) is 15.4. The minimum atomic E-state index is -2.50. The van der Waals surface area contributed by atoms with Gasteiger partial charge in [-0.25, -0.2) is 9.13 Å². The molecule has 0 radical (unpaired) electrons. The summed E-state index contributed by atoms with van der Waals surface area (Å²) in [7, 11) is -0.490. The summed E-state index contributed by atoms with van der Waals surface area (Å²) < 4.78 is 21.6. The molecule has 0 spiro atoms. The Kier molecular flexibility index (Phi) is 6.55. The lowest BCUT2D eigenvalue weighted by atomic mass is 10.7. The van der Waals surface area contributed by atoms with E-state index in [0.717, 1.165) is 12.6 Å². The topological polar surface area (TPSA) is 36.5 Å². The maximum Gasteiger partial charge on any atom is 0.504 e. The van der Waals surface area contributed by atoms with E-state index in [-0.39, 0.29) is 0 Å². The predicted molar refractivity (Wildman–Crippen MR) is 71.0 cm³/mol. The molecule has 1 rings (SSSR count). The molecule has 0 aliphatic heterocycles. The van der Waals surface area contributed by atoms with Gasteiger partial charge in [-0.05, 0) is 20.8 Å². The van der Waals surface area contributed by atoms with Gasteiger partial charge in [-0.15, -0.1) is 0 Å². The highest BCUT2D eigenvalue weighted by Gasteiger charge is 2.40. The van der Waals surface area contributed by atoms with Crippen LogP contribution in [0.25, 0.3) is 0 Å². The molecule has 0 saturated heterocycles. The third-order valence-corrected chi connectivity index (χ3v) is 5.61. The van der Waals surface area contributed by atoms with E-state index in [9.17, 15) is 0 Å². The van der Waals surface area contributed by atoms with E-state index in [1.54, 1.807) is 0 Å². The van der Waals surface area contributed by atoms with E-state index in [1.807, 2.05) is 51.1 Å². The maximum atomic E-state index is 5.81. The number of aryl methyl sites for hydroxylation is 2. The maximum absolute atomic E-state index is 5.81. The lowest BCUT2D eigenvalue weighted by molar-refractivity contribution is -0.671. The number of hydrogen-bond acceptors (Lipinski definition) is 3. The van der Waals surface area contributed by atoms with E-state index >= 15 is 0 Å². The van der Waals surface area contributed by atoms with Crippen LogP contribution in [0.2, 0.25) is 6.04 Å². The standard InChI is InChI=1S/C12H25N2O3Si/c1-5-15-18(16-6-2,17-7-3)11-10-14-9-8-13(4)12-14/h8-9,12H,5-7,10-11H2,1-4H3/q+1. The Morgan fingerprint density at radius 3 is 2.00 bits per heavy atom. The van der Waals surface area contributed by atoms with Gasteiger partial charge in [-0.2, -0.15) is 0 Å². The minimum Gasteiger partial charge on any atom is -0.374 e. The zero-order valence-electron chi connectivity index (χ0n) is 11.9. The second-order valence-electron chi connectivity index (χ2n) is 4.05. The van der Waals surface area contributed by atoms with Crippen LogP contribution in [0, 0.1) is 0 Å². The zero-order valence-corrected chi connectivity index (χ0v) is 12.9. The quantitative estimate of drug-likeness (QED) is 0.503. The van der Waals surface area contributed by atoms with Crippen molar-refractivity contribution in [2.24, 2.45) is 7.05 Å². The Morgan fingerprint density at radius 1 is 1.06 bits per heavy atom. The average molecular weight is 273 g/mol. The fourth-order valence-corrected chi connectivity index (χ4v) is 4.44. The molecule has 0 amide bonds. The Labute approximate surface area is 111 Å². The predicted octanol–water partition coefficient (Wildman–Crippen LogP) is 1.36. The summed E-state index contributed by atoms with van der Waals surface area (Å²) in [6, 6.07) is 0.803. The largest absolute Gasteiger partial charge is 0.504 e. The van der Waals surface area contributed by atoms with Gasteiger partial charge in [0.25, 0.3) is 0 Å². The molecule has 0 bridgehead atoms. The molecular formula is C12H25N2O3Si+. The SMILES string of the molecule is CCO[Si](CCn1cc[n+](C)c1)(OCC)OCC. The van der Waals surface area contributed by atoms with Crippen LogP contribution in [0.4, 0.5) is 0 Å². The van der Waals surface area contributed by atoms with Crippen LogP contribution in [0.1, 0.15) is 20.8 Å². The molecule has 0 aliphatic rings. The number of nitrogens with zero attached hydrogens (tertiary/aromatic N) is 2. The molecular weight excluding hydrogens is 248 g/mol. The molecule has 104 valence electrons. The third-order valence-electron chi connectivity index (χ3n) is 2.59. The average Bonchev–Trinajstić information content (AvgIpc) is 2.74. The van der Waals surface area contributed by atoms with Crippen molar-refractivity contribution >= 4 is 8.80 Å². The Hall–Kier alpha value is -0.693. The van der Waals surface area contributed by atoms with Crippen LogP contribution < -0.4 is 4.57 Å². The highest BCUT2D eigenvalue weighted by Crippen LogP contribution is 2.16. The van der Waals surface area contributed by atoms with Crippen molar-refractivity contribution in [2.75, 3.05) is 19.8 Å². The summed E-state index contributed by atoms with van der Waals surface area (Å²) >= 11 is 0. The monoisotopic (exact) mass is 273 g/mol. The van der Waals surface area contributed by atoms with Crippen molar-refractivity contribution in [1.29, 1.82) is 0 Å². The first-order valence-corrected chi connectivity index (χ1v) is 8.51. The summed E-state index contributed by atoms with van der Waals surface area (Å²) in [5.41, 5.74) is 0. The smallest absolute Gasteiger partial charge is 0.374 e. The van der Waals surface area contributed by atoms with E-state index in [0.29, 0.717) is 19.8 Å². The lowest BCUT2D eigenvalue weighted by Gasteiger charge is -2.27. The highest BCUT2D eigenvalue weighted by atomic mass is 28.4. The molecule has 0 aromatic carbocycles.